The molecule has 0 unspecified atom stereocenters. The number of β-amino-alcohol motifs (C(OH)–C–C–N with tert-alkyl or cyclic N) is 1. The number of pyridine rings is 1. The van der Waals surface area contributed by atoms with Crippen LogP contribution in [0.5, 0.6) is 0 Å². The fourth-order valence-electron chi connectivity index (χ4n) is 5.77. The number of rotatable bonds is 11. The van der Waals surface area contributed by atoms with E-state index in [1.54, 1.807) is 10.7 Å². The summed E-state index contributed by atoms with van der Waals surface area (Å²) in [6, 6.07) is 16.0. The van der Waals surface area contributed by atoms with Gasteiger partial charge in [-0.3, -0.25) is 9.78 Å². The van der Waals surface area contributed by atoms with Crippen molar-refractivity contribution in [2.45, 2.75) is 45.3 Å². The molecule has 0 saturated carbocycles. The molecule has 0 radical (unpaired) electrons. The highest BCUT2D eigenvalue weighted by Gasteiger charge is 2.23. The van der Waals surface area contributed by atoms with Gasteiger partial charge in [0.25, 0.3) is 0 Å². The molecule has 1 fully saturated rings. The van der Waals surface area contributed by atoms with Crippen LogP contribution in [0.2, 0.25) is 0 Å². The van der Waals surface area contributed by atoms with Gasteiger partial charge in [-0.05, 0) is 41.5 Å². The lowest BCUT2D eigenvalue weighted by atomic mass is 9.95. The van der Waals surface area contributed by atoms with Gasteiger partial charge in [0, 0.05) is 54.7 Å². The molecule has 1 aliphatic rings. The first-order valence-corrected chi connectivity index (χ1v) is 15.6. The van der Waals surface area contributed by atoms with Gasteiger partial charge in [0.1, 0.15) is 0 Å². The number of halogens is 1. The SMILES string of the molecule is C=C(Cl)C(=O)Cc1ccc2c(-c3ccccc3CNc3nc(NC[C@H]4CCNC[C@@H]4O)nc4c(C(C)C)cnn34)nccc2c1. The lowest BCUT2D eigenvalue weighted by Crippen LogP contribution is -2.43. The Labute approximate surface area is 267 Å². The number of ketones is 1. The van der Waals surface area contributed by atoms with Crippen molar-refractivity contribution in [1.29, 1.82) is 0 Å². The van der Waals surface area contributed by atoms with E-state index in [1.807, 2.05) is 42.6 Å². The first-order chi connectivity index (χ1) is 21.8. The normalized spacial score (nSPS) is 16.7. The largest absolute Gasteiger partial charge is 0.391 e. The zero-order valence-corrected chi connectivity index (χ0v) is 26.2. The van der Waals surface area contributed by atoms with Crippen LogP contribution in [0.3, 0.4) is 0 Å². The summed E-state index contributed by atoms with van der Waals surface area (Å²) in [7, 11) is 0. The van der Waals surface area contributed by atoms with Crippen LogP contribution in [0, 0.1) is 5.92 Å². The second kappa shape index (κ2) is 13.3. The minimum Gasteiger partial charge on any atom is -0.391 e. The third-order valence-electron chi connectivity index (χ3n) is 8.33. The third kappa shape index (κ3) is 6.68. The molecule has 1 aliphatic heterocycles. The molecule has 2 atom stereocenters. The number of aliphatic hydroxyl groups excluding tert-OH is 1. The Kier molecular flexibility index (Phi) is 9.07. The number of fused-ring (bicyclic) bond motifs is 2. The molecule has 10 nitrogen and oxygen atoms in total. The van der Waals surface area contributed by atoms with Gasteiger partial charge in [0.05, 0.1) is 23.0 Å². The van der Waals surface area contributed by atoms with Crippen molar-refractivity contribution in [2.24, 2.45) is 5.92 Å². The zero-order chi connectivity index (χ0) is 31.5. The van der Waals surface area contributed by atoms with Crippen molar-refractivity contribution < 1.29 is 9.90 Å². The highest BCUT2D eigenvalue weighted by atomic mass is 35.5. The number of allylic oxidation sites excluding steroid dienone is 1. The molecule has 2 aromatic carbocycles. The van der Waals surface area contributed by atoms with E-state index in [-0.39, 0.29) is 29.1 Å². The summed E-state index contributed by atoms with van der Waals surface area (Å²) in [5.74, 6) is 1.22. The molecule has 0 aliphatic carbocycles. The maximum Gasteiger partial charge on any atom is 0.229 e. The van der Waals surface area contributed by atoms with Crippen molar-refractivity contribution in [3.8, 4) is 11.3 Å². The number of aromatic nitrogens is 5. The Morgan fingerprint density at radius 1 is 1.18 bits per heavy atom. The minimum atomic E-state index is -0.410. The number of carbonyl (C=O) groups excluding carboxylic acids is 1. The topological polar surface area (TPSA) is 129 Å². The number of carbonyl (C=O) groups is 1. The van der Waals surface area contributed by atoms with Crippen LogP contribution >= 0.6 is 11.6 Å². The number of nitrogens with one attached hydrogen (secondary N) is 3. The molecule has 4 N–H and O–H groups in total. The molecule has 5 aromatic rings. The van der Waals surface area contributed by atoms with E-state index in [1.165, 1.54) is 0 Å². The Morgan fingerprint density at radius 2 is 2.02 bits per heavy atom. The summed E-state index contributed by atoms with van der Waals surface area (Å²) in [4.78, 5) is 26.5. The predicted molar refractivity (Wildman–Crippen MR) is 179 cm³/mol. The summed E-state index contributed by atoms with van der Waals surface area (Å²) in [5, 5.41) is 27.2. The molecule has 0 spiro atoms. The predicted octanol–water partition coefficient (Wildman–Crippen LogP) is 5.32. The second-order valence-electron chi connectivity index (χ2n) is 11.8. The van der Waals surface area contributed by atoms with Gasteiger partial charge < -0.3 is 21.1 Å². The van der Waals surface area contributed by atoms with Crippen LogP contribution < -0.4 is 16.0 Å². The smallest absolute Gasteiger partial charge is 0.229 e. The molecule has 232 valence electrons. The molecule has 0 bridgehead atoms. The minimum absolute atomic E-state index is 0.0342. The van der Waals surface area contributed by atoms with E-state index >= 15 is 0 Å². The molecule has 45 heavy (non-hydrogen) atoms. The summed E-state index contributed by atoms with van der Waals surface area (Å²) < 4.78 is 1.75. The van der Waals surface area contributed by atoms with Crippen LogP contribution in [0.1, 0.15) is 42.9 Å². The molecule has 11 heteroatoms. The highest BCUT2D eigenvalue weighted by Crippen LogP contribution is 2.31. The number of nitrogens with zero attached hydrogens (tertiary/aromatic N) is 5. The summed E-state index contributed by atoms with van der Waals surface area (Å²) in [6.07, 6.45) is 4.31. The van der Waals surface area contributed by atoms with Gasteiger partial charge in [-0.2, -0.15) is 19.6 Å². The third-order valence-corrected chi connectivity index (χ3v) is 8.55. The van der Waals surface area contributed by atoms with Gasteiger partial charge in [0.15, 0.2) is 11.4 Å². The highest BCUT2D eigenvalue weighted by molar-refractivity contribution is 6.42. The van der Waals surface area contributed by atoms with Crippen LogP contribution in [0.4, 0.5) is 11.9 Å². The average molecular weight is 625 g/mol. The van der Waals surface area contributed by atoms with Gasteiger partial charge in [-0.15, -0.1) is 0 Å². The number of hydrogen-bond donors (Lipinski definition) is 4. The molecule has 6 rings (SSSR count). The van der Waals surface area contributed by atoms with Crippen LogP contribution in [-0.2, 0) is 17.8 Å². The fraction of sp³-hybridized carbons (Fsp3) is 0.324. The van der Waals surface area contributed by atoms with Gasteiger partial charge in [0.2, 0.25) is 11.9 Å². The standard InChI is InChI=1S/C34H37ClN8O2/c1-20(2)28-18-40-43-32(28)41-33(38-17-25-10-12-36-19-30(25)45)42-34(43)39-16-24-6-4-5-7-26(24)31-27-9-8-22(15-29(44)21(3)35)14-23(27)11-13-37-31/h4-9,11,13-14,18,20,25,30,36,45H,3,10,12,15-17,19H2,1-2H3,(H2,38,39,41,42)/t25-,30+/m1/s1. The number of hydrogen-bond acceptors (Lipinski definition) is 9. The van der Waals surface area contributed by atoms with E-state index < -0.39 is 6.10 Å². The van der Waals surface area contributed by atoms with E-state index in [0.29, 0.717) is 31.5 Å². The lowest BCUT2D eigenvalue weighted by Gasteiger charge is -2.28. The maximum absolute atomic E-state index is 12.1. The Morgan fingerprint density at radius 3 is 2.82 bits per heavy atom. The van der Waals surface area contributed by atoms with E-state index in [4.69, 9.17) is 26.6 Å². The van der Waals surface area contributed by atoms with E-state index in [0.717, 1.165) is 57.3 Å². The number of benzene rings is 2. The maximum atomic E-state index is 12.1. The lowest BCUT2D eigenvalue weighted by molar-refractivity contribution is -0.114. The van der Waals surface area contributed by atoms with Crippen molar-refractivity contribution in [3.05, 3.63) is 89.2 Å². The number of piperidine rings is 1. The quantitative estimate of drug-likeness (QED) is 0.144. The number of Topliss-reactive ketones (excluding diaryl/α,β-unsaturated/α-hetero) is 1. The number of anilines is 2. The van der Waals surface area contributed by atoms with Crippen molar-refractivity contribution in [2.75, 3.05) is 30.3 Å². The Balaban J connectivity index is 1.29. The van der Waals surface area contributed by atoms with E-state index in [2.05, 4.69) is 53.6 Å². The molecule has 0 amide bonds. The van der Waals surface area contributed by atoms with Crippen molar-refractivity contribution in [3.63, 3.8) is 0 Å². The molecule has 1 saturated heterocycles. The first-order valence-electron chi connectivity index (χ1n) is 15.2. The molecule has 3 aromatic heterocycles. The van der Waals surface area contributed by atoms with Crippen LogP contribution in [0.25, 0.3) is 27.7 Å². The average Bonchev–Trinajstić information content (AvgIpc) is 3.48. The van der Waals surface area contributed by atoms with Gasteiger partial charge in [-0.1, -0.05) is 74.5 Å². The molecular formula is C34H37ClN8O2. The van der Waals surface area contributed by atoms with Crippen molar-refractivity contribution in [1.82, 2.24) is 29.9 Å². The first kappa shape index (κ1) is 30.6. The van der Waals surface area contributed by atoms with Crippen molar-refractivity contribution >= 4 is 45.7 Å². The Bertz CT molecular complexity index is 1870. The van der Waals surface area contributed by atoms with Gasteiger partial charge >= 0.3 is 0 Å². The molecule has 4 heterocycles. The fourth-order valence-corrected chi connectivity index (χ4v) is 5.83. The summed E-state index contributed by atoms with van der Waals surface area (Å²) in [5.41, 5.74) is 5.51. The van der Waals surface area contributed by atoms with Crippen LogP contribution in [0.15, 0.2) is 72.5 Å². The number of aliphatic hydroxyl groups is 1. The van der Waals surface area contributed by atoms with Gasteiger partial charge in [-0.25, -0.2) is 0 Å². The summed E-state index contributed by atoms with van der Waals surface area (Å²) in [6.45, 7) is 10.3. The molecular weight excluding hydrogens is 588 g/mol. The Hall–Kier alpha value is -4.38. The second-order valence-corrected chi connectivity index (χ2v) is 12.2. The van der Waals surface area contributed by atoms with E-state index in [9.17, 15) is 9.90 Å². The summed E-state index contributed by atoms with van der Waals surface area (Å²) >= 11 is 5.81. The monoisotopic (exact) mass is 624 g/mol. The zero-order valence-electron chi connectivity index (χ0n) is 25.4. The van der Waals surface area contributed by atoms with Crippen LogP contribution in [-0.4, -0.2) is 61.2 Å².